The van der Waals surface area contributed by atoms with E-state index >= 15 is 0 Å². The van der Waals surface area contributed by atoms with Crippen molar-refractivity contribution in [3.8, 4) is 0 Å². The molecule has 1 unspecified atom stereocenters. The van der Waals surface area contributed by atoms with E-state index in [0.717, 1.165) is 31.6 Å². The molecule has 1 aromatic rings. The van der Waals surface area contributed by atoms with Gasteiger partial charge in [0.2, 0.25) is 5.91 Å². The molecule has 0 saturated carbocycles. The number of aliphatic hydroxyl groups is 1. The van der Waals surface area contributed by atoms with E-state index in [1.165, 1.54) is 6.42 Å². The molecule has 1 aliphatic rings. The summed E-state index contributed by atoms with van der Waals surface area (Å²) in [5.41, 5.74) is 0. The molecule has 106 valence electrons. The second-order valence-electron chi connectivity index (χ2n) is 5.01. The van der Waals surface area contributed by atoms with Gasteiger partial charge >= 0.3 is 0 Å². The molecule has 1 aromatic heterocycles. The van der Waals surface area contributed by atoms with Crippen LogP contribution in [-0.2, 0) is 11.3 Å². The highest BCUT2D eigenvalue weighted by Gasteiger charge is 2.22. The van der Waals surface area contributed by atoms with E-state index in [4.69, 9.17) is 4.42 Å². The van der Waals surface area contributed by atoms with Crippen LogP contribution in [0.1, 0.15) is 31.4 Å². The normalized spacial score (nSPS) is 21.0. The van der Waals surface area contributed by atoms with Crippen molar-refractivity contribution in [2.24, 2.45) is 0 Å². The van der Waals surface area contributed by atoms with Crippen molar-refractivity contribution in [2.75, 3.05) is 19.7 Å². The molecule has 0 spiro atoms. The SMILES string of the molecule is O=C(CN1CCCCCC1CO)NCc1ccco1. The van der Waals surface area contributed by atoms with Crippen LogP contribution in [0, 0.1) is 0 Å². The van der Waals surface area contributed by atoms with Crippen LogP contribution in [0.25, 0.3) is 0 Å². The number of hydrogen-bond acceptors (Lipinski definition) is 4. The number of carbonyl (C=O) groups is 1. The molecule has 2 N–H and O–H groups in total. The minimum Gasteiger partial charge on any atom is -0.467 e. The first kappa shape index (κ1) is 14.1. The third-order valence-corrected chi connectivity index (χ3v) is 3.60. The average Bonchev–Trinajstić information content (AvgIpc) is 2.83. The maximum Gasteiger partial charge on any atom is 0.234 e. The lowest BCUT2D eigenvalue weighted by Crippen LogP contribution is -2.44. The van der Waals surface area contributed by atoms with Crippen molar-refractivity contribution in [3.05, 3.63) is 24.2 Å². The molecule has 5 nitrogen and oxygen atoms in total. The molecule has 0 bridgehead atoms. The number of rotatable bonds is 5. The molecule has 2 rings (SSSR count). The van der Waals surface area contributed by atoms with Gasteiger partial charge in [0.1, 0.15) is 5.76 Å². The Morgan fingerprint density at radius 2 is 2.37 bits per heavy atom. The summed E-state index contributed by atoms with van der Waals surface area (Å²) in [6.45, 7) is 1.79. The van der Waals surface area contributed by atoms with E-state index < -0.39 is 0 Å². The van der Waals surface area contributed by atoms with Gasteiger partial charge in [0.15, 0.2) is 0 Å². The van der Waals surface area contributed by atoms with Gasteiger partial charge in [0.25, 0.3) is 0 Å². The molecule has 0 aromatic carbocycles. The van der Waals surface area contributed by atoms with Gasteiger partial charge in [-0.05, 0) is 31.5 Å². The van der Waals surface area contributed by atoms with E-state index in [0.29, 0.717) is 13.1 Å². The number of aliphatic hydroxyl groups excluding tert-OH is 1. The summed E-state index contributed by atoms with van der Waals surface area (Å²) in [5, 5.41) is 12.2. The predicted octanol–water partition coefficient (Wildman–Crippen LogP) is 1.13. The van der Waals surface area contributed by atoms with E-state index in [1.54, 1.807) is 12.3 Å². The van der Waals surface area contributed by atoms with E-state index in [-0.39, 0.29) is 18.6 Å². The van der Waals surface area contributed by atoms with Crippen LogP contribution in [0.2, 0.25) is 0 Å². The molecule has 1 aliphatic heterocycles. The van der Waals surface area contributed by atoms with Gasteiger partial charge in [-0.1, -0.05) is 12.8 Å². The van der Waals surface area contributed by atoms with Crippen LogP contribution in [0.5, 0.6) is 0 Å². The van der Waals surface area contributed by atoms with Gasteiger partial charge in [-0.25, -0.2) is 0 Å². The predicted molar refractivity (Wildman–Crippen MR) is 71.5 cm³/mol. The highest BCUT2D eigenvalue weighted by molar-refractivity contribution is 5.78. The van der Waals surface area contributed by atoms with Gasteiger partial charge < -0.3 is 14.8 Å². The monoisotopic (exact) mass is 266 g/mol. The Balaban J connectivity index is 1.79. The van der Waals surface area contributed by atoms with Crippen LogP contribution in [0.15, 0.2) is 22.8 Å². The Morgan fingerprint density at radius 3 is 3.11 bits per heavy atom. The summed E-state index contributed by atoms with van der Waals surface area (Å²) in [6, 6.07) is 3.76. The zero-order valence-electron chi connectivity index (χ0n) is 11.2. The van der Waals surface area contributed by atoms with Gasteiger partial charge in [-0.3, -0.25) is 9.69 Å². The largest absolute Gasteiger partial charge is 0.467 e. The van der Waals surface area contributed by atoms with Crippen molar-refractivity contribution < 1.29 is 14.3 Å². The smallest absolute Gasteiger partial charge is 0.234 e. The zero-order chi connectivity index (χ0) is 13.5. The average molecular weight is 266 g/mol. The van der Waals surface area contributed by atoms with Gasteiger partial charge in [0, 0.05) is 6.04 Å². The summed E-state index contributed by atoms with van der Waals surface area (Å²) in [4.78, 5) is 14.0. The molecule has 19 heavy (non-hydrogen) atoms. The fraction of sp³-hybridized carbons (Fsp3) is 0.643. The molecule has 1 amide bonds. The van der Waals surface area contributed by atoms with Crippen LogP contribution in [0.3, 0.4) is 0 Å². The number of likely N-dealkylation sites (tertiary alicyclic amines) is 1. The molecule has 5 heteroatoms. The number of carbonyl (C=O) groups excluding carboxylic acids is 1. The third-order valence-electron chi connectivity index (χ3n) is 3.60. The van der Waals surface area contributed by atoms with Crippen molar-refractivity contribution in [3.63, 3.8) is 0 Å². The Morgan fingerprint density at radius 1 is 1.47 bits per heavy atom. The highest BCUT2D eigenvalue weighted by Crippen LogP contribution is 2.15. The van der Waals surface area contributed by atoms with E-state index in [9.17, 15) is 9.90 Å². The summed E-state index contributed by atoms with van der Waals surface area (Å²) in [5.74, 6) is 0.736. The van der Waals surface area contributed by atoms with Crippen LogP contribution in [0.4, 0.5) is 0 Å². The molecule has 2 heterocycles. The second-order valence-corrected chi connectivity index (χ2v) is 5.01. The number of hydrogen-bond donors (Lipinski definition) is 2. The number of nitrogens with zero attached hydrogens (tertiary/aromatic N) is 1. The molecule has 0 radical (unpaired) electrons. The van der Waals surface area contributed by atoms with Crippen molar-refractivity contribution in [2.45, 2.75) is 38.3 Å². The van der Waals surface area contributed by atoms with Gasteiger partial charge in [-0.15, -0.1) is 0 Å². The maximum atomic E-state index is 11.9. The topological polar surface area (TPSA) is 65.7 Å². The minimum absolute atomic E-state index is 0.0169. The lowest BCUT2D eigenvalue weighted by atomic mass is 10.1. The summed E-state index contributed by atoms with van der Waals surface area (Å²) < 4.78 is 5.17. The second kappa shape index (κ2) is 7.31. The Hall–Kier alpha value is -1.33. The fourth-order valence-corrected chi connectivity index (χ4v) is 2.49. The lowest BCUT2D eigenvalue weighted by Gasteiger charge is -2.27. The van der Waals surface area contributed by atoms with Crippen LogP contribution in [-0.4, -0.2) is 41.7 Å². The van der Waals surface area contributed by atoms with E-state index in [1.807, 2.05) is 6.07 Å². The van der Waals surface area contributed by atoms with Crippen LogP contribution < -0.4 is 5.32 Å². The number of nitrogens with one attached hydrogen (secondary N) is 1. The van der Waals surface area contributed by atoms with Crippen molar-refractivity contribution in [1.82, 2.24) is 10.2 Å². The molecule has 0 aliphatic carbocycles. The molecule has 1 fully saturated rings. The Bertz CT molecular complexity index is 378. The fourth-order valence-electron chi connectivity index (χ4n) is 2.49. The lowest BCUT2D eigenvalue weighted by molar-refractivity contribution is -0.123. The molecule has 1 saturated heterocycles. The summed E-state index contributed by atoms with van der Waals surface area (Å²) >= 11 is 0. The highest BCUT2D eigenvalue weighted by atomic mass is 16.3. The maximum absolute atomic E-state index is 11.9. The quantitative estimate of drug-likeness (QED) is 0.838. The van der Waals surface area contributed by atoms with Gasteiger partial charge in [-0.2, -0.15) is 0 Å². The summed E-state index contributed by atoms with van der Waals surface area (Å²) in [6.07, 6.45) is 5.98. The summed E-state index contributed by atoms with van der Waals surface area (Å²) in [7, 11) is 0. The Kier molecular flexibility index (Phi) is 5.42. The molecule has 1 atom stereocenters. The first-order chi connectivity index (χ1) is 9.29. The Labute approximate surface area is 113 Å². The standard InChI is InChI=1S/C14H22N2O3/c17-11-12-5-2-1-3-7-16(12)10-14(18)15-9-13-6-4-8-19-13/h4,6,8,12,17H,1-3,5,7,9-11H2,(H,15,18). The third kappa shape index (κ3) is 4.36. The number of furan rings is 1. The molecular weight excluding hydrogens is 244 g/mol. The van der Waals surface area contributed by atoms with Gasteiger partial charge in [0.05, 0.1) is 26.0 Å². The van der Waals surface area contributed by atoms with E-state index in [2.05, 4.69) is 10.2 Å². The first-order valence-electron chi connectivity index (χ1n) is 6.93. The minimum atomic E-state index is -0.0169. The first-order valence-corrected chi connectivity index (χ1v) is 6.93. The van der Waals surface area contributed by atoms with Crippen molar-refractivity contribution >= 4 is 5.91 Å². The zero-order valence-corrected chi connectivity index (χ0v) is 11.2. The number of amides is 1. The molecular formula is C14H22N2O3. The van der Waals surface area contributed by atoms with Crippen molar-refractivity contribution in [1.29, 1.82) is 0 Å². The van der Waals surface area contributed by atoms with Crippen LogP contribution >= 0.6 is 0 Å².